The molecule has 0 fully saturated rings. The lowest BCUT2D eigenvalue weighted by molar-refractivity contribution is 0.662. The van der Waals surface area contributed by atoms with Gasteiger partial charge < -0.3 is 5.32 Å². The fourth-order valence-corrected chi connectivity index (χ4v) is 2.05. The number of rotatable bonds is 4. The molecule has 0 bridgehead atoms. The number of hydrogen-bond donors (Lipinski definition) is 2. The SMILES string of the molecule is Clc1ccc(CNCc2nn[nH]n2)c(Br)c1. The number of aromatic amines is 1. The molecule has 5 nitrogen and oxygen atoms in total. The van der Waals surface area contributed by atoms with Crippen LogP contribution in [0.5, 0.6) is 0 Å². The Bertz CT molecular complexity index is 459. The predicted molar refractivity (Wildman–Crippen MR) is 63.9 cm³/mol. The molecule has 0 spiro atoms. The summed E-state index contributed by atoms with van der Waals surface area (Å²) in [6.45, 7) is 1.29. The second kappa shape index (κ2) is 5.38. The molecule has 1 aromatic carbocycles. The van der Waals surface area contributed by atoms with Crippen molar-refractivity contribution in [3.63, 3.8) is 0 Å². The third-order valence-electron chi connectivity index (χ3n) is 2.00. The van der Waals surface area contributed by atoms with Gasteiger partial charge in [-0.25, -0.2) is 0 Å². The van der Waals surface area contributed by atoms with Gasteiger partial charge in [0, 0.05) is 16.0 Å². The van der Waals surface area contributed by atoms with Crippen molar-refractivity contribution in [2.45, 2.75) is 13.1 Å². The molecule has 7 heteroatoms. The van der Waals surface area contributed by atoms with Crippen molar-refractivity contribution in [1.82, 2.24) is 25.9 Å². The van der Waals surface area contributed by atoms with E-state index in [0.29, 0.717) is 23.9 Å². The number of hydrogen-bond acceptors (Lipinski definition) is 4. The van der Waals surface area contributed by atoms with Gasteiger partial charge in [-0.2, -0.15) is 5.21 Å². The topological polar surface area (TPSA) is 66.5 Å². The Balaban J connectivity index is 1.90. The van der Waals surface area contributed by atoms with Gasteiger partial charge in [0.1, 0.15) is 0 Å². The maximum absolute atomic E-state index is 5.85. The molecule has 0 aliphatic heterocycles. The van der Waals surface area contributed by atoms with Crippen LogP contribution >= 0.6 is 27.5 Å². The van der Waals surface area contributed by atoms with Crippen LogP contribution < -0.4 is 5.32 Å². The van der Waals surface area contributed by atoms with Crippen molar-refractivity contribution in [3.8, 4) is 0 Å². The van der Waals surface area contributed by atoms with E-state index < -0.39 is 0 Å². The first kappa shape index (κ1) is 11.5. The smallest absolute Gasteiger partial charge is 0.188 e. The molecule has 2 aromatic rings. The number of halogens is 2. The molecule has 2 N–H and O–H groups in total. The molecule has 0 aliphatic carbocycles. The number of tetrazole rings is 1. The first-order valence-electron chi connectivity index (χ1n) is 4.62. The fraction of sp³-hybridized carbons (Fsp3) is 0.222. The Hall–Kier alpha value is -0.980. The fourth-order valence-electron chi connectivity index (χ4n) is 1.23. The quantitative estimate of drug-likeness (QED) is 0.905. The zero-order valence-electron chi connectivity index (χ0n) is 8.24. The summed E-state index contributed by atoms with van der Waals surface area (Å²) in [5.41, 5.74) is 1.13. The van der Waals surface area contributed by atoms with E-state index in [1.165, 1.54) is 0 Å². The zero-order valence-corrected chi connectivity index (χ0v) is 10.6. The minimum absolute atomic E-state index is 0.575. The van der Waals surface area contributed by atoms with Crippen molar-refractivity contribution in [3.05, 3.63) is 39.1 Å². The highest BCUT2D eigenvalue weighted by molar-refractivity contribution is 9.10. The van der Waals surface area contributed by atoms with E-state index in [0.717, 1.165) is 10.0 Å². The standard InChI is InChI=1S/C9H9BrClN5/c10-8-3-7(11)2-1-6(8)4-12-5-9-13-15-16-14-9/h1-3,12H,4-5H2,(H,13,14,15,16). The Morgan fingerprint density at radius 2 is 2.25 bits per heavy atom. The monoisotopic (exact) mass is 301 g/mol. The van der Waals surface area contributed by atoms with E-state index >= 15 is 0 Å². The van der Waals surface area contributed by atoms with Crippen LogP contribution in [0.1, 0.15) is 11.4 Å². The molecule has 1 aromatic heterocycles. The second-order valence-corrected chi connectivity index (χ2v) is 4.46. The number of nitrogens with one attached hydrogen (secondary N) is 2. The Morgan fingerprint density at radius 3 is 2.94 bits per heavy atom. The van der Waals surface area contributed by atoms with Gasteiger partial charge in [0.05, 0.1) is 6.54 Å². The first-order chi connectivity index (χ1) is 7.75. The van der Waals surface area contributed by atoms with Crippen LogP contribution in [0, 0.1) is 0 Å². The maximum Gasteiger partial charge on any atom is 0.188 e. The van der Waals surface area contributed by atoms with Crippen molar-refractivity contribution >= 4 is 27.5 Å². The lowest BCUT2D eigenvalue weighted by Crippen LogP contribution is -2.14. The summed E-state index contributed by atoms with van der Waals surface area (Å²) in [5.74, 6) is 0.644. The van der Waals surface area contributed by atoms with E-state index in [1.807, 2.05) is 18.2 Å². The number of benzene rings is 1. The lowest BCUT2D eigenvalue weighted by atomic mass is 10.2. The average Bonchev–Trinajstić information content (AvgIpc) is 2.74. The van der Waals surface area contributed by atoms with E-state index in [1.54, 1.807) is 0 Å². The van der Waals surface area contributed by atoms with E-state index in [2.05, 4.69) is 41.9 Å². The van der Waals surface area contributed by atoms with Gasteiger partial charge >= 0.3 is 0 Å². The molecule has 16 heavy (non-hydrogen) atoms. The van der Waals surface area contributed by atoms with Gasteiger partial charge in [-0.15, -0.1) is 10.2 Å². The predicted octanol–water partition coefficient (Wildman–Crippen LogP) is 1.91. The van der Waals surface area contributed by atoms with Crippen LogP contribution in [0.4, 0.5) is 0 Å². The molecule has 0 unspecified atom stereocenters. The van der Waals surface area contributed by atoms with Gasteiger partial charge in [-0.05, 0) is 17.7 Å². The molecule has 84 valence electrons. The molecule has 0 atom stereocenters. The number of nitrogens with zero attached hydrogens (tertiary/aromatic N) is 3. The summed E-state index contributed by atoms with van der Waals surface area (Å²) in [5, 5.41) is 17.5. The van der Waals surface area contributed by atoms with Crippen LogP contribution in [0.15, 0.2) is 22.7 Å². The second-order valence-electron chi connectivity index (χ2n) is 3.17. The van der Waals surface area contributed by atoms with Gasteiger partial charge in [0.25, 0.3) is 0 Å². The lowest BCUT2D eigenvalue weighted by Gasteiger charge is -2.05. The third kappa shape index (κ3) is 3.01. The van der Waals surface area contributed by atoms with E-state index in [9.17, 15) is 0 Å². The molecule has 0 saturated carbocycles. The molecule has 0 saturated heterocycles. The highest BCUT2D eigenvalue weighted by atomic mass is 79.9. The Labute approximate surface area is 106 Å². The van der Waals surface area contributed by atoms with E-state index in [4.69, 9.17) is 11.6 Å². The van der Waals surface area contributed by atoms with Gasteiger partial charge in [-0.3, -0.25) is 0 Å². The van der Waals surface area contributed by atoms with Crippen molar-refractivity contribution in [2.75, 3.05) is 0 Å². The number of aromatic nitrogens is 4. The van der Waals surface area contributed by atoms with Gasteiger partial charge in [0.2, 0.25) is 0 Å². The molecule has 0 aliphatic rings. The van der Waals surface area contributed by atoms with Crippen molar-refractivity contribution < 1.29 is 0 Å². The number of H-pyrrole nitrogens is 1. The highest BCUT2D eigenvalue weighted by Gasteiger charge is 2.01. The summed E-state index contributed by atoms with van der Waals surface area (Å²) in [7, 11) is 0. The average molecular weight is 303 g/mol. The van der Waals surface area contributed by atoms with Crippen LogP contribution in [0.25, 0.3) is 0 Å². The van der Waals surface area contributed by atoms with Gasteiger partial charge in [-0.1, -0.05) is 38.8 Å². The molecule has 2 rings (SSSR count). The highest BCUT2D eigenvalue weighted by Crippen LogP contribution is 2.21. The zero-order chi connectivity index (χ0) is 11.4. The van der Waals surface area contributed by atoms with Crippen molar-refractivity contribution in [2.24, 2.45) is 0 Å². The molecule has 1 heterocycles. The summed E-state index contributed by atoms with van der Waals surface area (Å²) in [4.78, 5) is 0. The molecule has 0 radical (unpaired) electrons. The first-order valence-corrected chi connectivity index (χ1v) is 5.80. The van der Waals surface area contributed by atoms with Crippen molar-refractivity contribution in [1.29, 1.82) is 0 Å². The summed E-state index contributed by atoms with van der Waals surface area (Å²) in [6, 6.07) is 5.69. The minimum Gasteiger partial charge on any atom is -0.306 e. The normalized spacial score (nSPS) is 10.6. The van der Waals surface area contributed by atoms with Crippen LogP contribution in [0.3, 0.4) is 0 Å². The Morgan fingerprint density at radius 1 is 1.38 bits per heavy atom. The van der Waals surface area contributed by atoms with Gasteiger partial charge in [0.15, 0.2) is 5.82 Å². The summed E-state index contributed by atoms with van der Waals surface area (Å²) < 4.78 is 0.987. The summed E-state index contributed by atoms with van der Waals surface area (Å²) in [6.07, 6.45) is 0. The molecule has 0 amide bonds. The summed E-state index contributed by atoms with van der Waals surface area (Å²) >= 11 is 9.30. The van der Waals surface area contributed by atoms with Crippen LogP contribution in [-0.4, -0.2) is 20.6 Å². The Kier molecular flexibility index (Phi) is 3.87. The van der Waals surface area contributed by atoms with E-state index in [-0.39, 0.29) is 0 Å². The van der Waals surface area contributed by atoms with Crippen LogP contribution in [0.2, 0.25) is 5.02 Å². The molecular formula is C9H9BrClN5. The maximum atomic E-state index is 5.85. The minimum atomic E-state index is 0.575. The van der Waals surface area contributed by atoms with Crippen LogP contribution in [-0.2, 0) is 13.1 Å². The molecular weight excluding hydrogens is 293 g/mol. The third-order valence-corrected chi connectivity index (χ3v) is 2.98. The largest absolute Gasteiger partial charge is 0.306 e.